The number of rotatable bonds is 4. The molecule has 0 bridgehead atoms. The quantitative estimate of drug-likeness (QED) is 0.886. The van der Waals surface area contributed by atoms with Crippen molar-refractivity contribution in [2.24, 2.45) is 0 Å². The zero-order valence-corrected chi connectivity index (χ0v) is 14.6. The Morgan fingerprint density at radius 1 is 1.46 bits per heavy atom. The van der Waals surface area contributed by atoms with Crippen molar-refractivity contribution in [1.29, 1.82) is 0 Å². The Kier molecular flexibility index (Phi) is 4.27. The van der Waals surface area contributed by atoms with Crippen molar-refractivity contribution in [3.8, 4) is 5.75 Å². The molecule has 24 heavy (non-hydrogen) atoms. The highest BCUT2D eigenvalue weighted by Gasteiger charge is 2.28. The van der Waals surface area contributed by atoms with E-state index >= 15 is 0 Å². The summed E-state index contributed by atoms with van der Waals surface area (Å²) >= 11 is 6.10. The molecule has 0 fully saturated rings. The minimum Gasteiger partial charge on any atom is -0.489 e. The van der Waals surface area contributed by atoms with Crippen LogP contribution in [0, 0.1) is 0 Å². The lowest BCUT2D eigenvalue weighted by Gasteiger charge is -2.09. The maximum absolute atomic E-state index is 12.5. The average molecular weight is 371 g/mol. The van der Waals surface area contributed by atoms with Crippen LogP contribution in [0.15, 0.2) is 27.8 Å². The van der Waals surface area contributed by atoms with Gasteiger partial charge in [-0.15, -0.1) is 0 Å². The molecule has 128 valence electrons. The van der Waals surface area contributed by atoms with Crippen molar-refractivity contribution >= 4 is 27.5 Å². The molecule has 1 aromatic carbocycles. The number of aromatic nitrogens is 1. The summed E-state index contributed by atoms with van der Waals surface area (Å²) in [5.41, 5.74) is 0.642. The lowest BCUT2D eigenvalue weighted by Crippen LogP contribution is -2.31. The third-order valence-electron chi connectivity index (χ3n) is 3.63. The highest BCUT2D eigenvalue weighted by Crippen LogP contribution is 2.37. The topological polar surface area (TPSA) is 98.5 Å². The van der Waals surface area contributed by atoms with Gasteiger partial charge in [0.1, 0.15) is 17.6 Å². The normalized spacial score (nSPS) is 16.5. The Balaban J connectivity index is 1.91. The van der Waals surface area contributed by atoms with Crippen LogP contribution in [0.2, 0.25) is 5.02 Å². The summed E-state index contributed by atoms with van der Waals surface area (Å²) in [4.78, 5) is 15.8. The number of carbonyl (C=O) groups excluding carboxylic acids is 1. The van der Waals surface area contributed by atoms with Crippen LogP contribution in [0.5, 0.6) is 5.75 Å². The number of hydrogen-bond donors (Lipinski definition) is 1. The van der Waals surface area contributed by atoms with Gasteiger partial charge in [0.05, 0.1) is 9.92 Å². The van der Waals surface area contributed by atoms with Gasteiger partial charge in [-0.1, -0.05) is 18.5 Å². The monoisotopic (exact) mass is 370 g/mol. The van der Waals surface area contributed by atoms with Crippen molar-refractivity contribution in [2.75, 3.05) is 0 Å². The fourth-order valence-corrected chi connectivity index (χ4v) is 3.93. The van der Waals surface area contributed by atoms with Gasteiger partial charge < -0.3 is 9.15 Å². The van der Waals surface area contributed by atoms with Gasteiger partial charge in [0.15, 0.2) is 12.1 Å². The largest absolute Gasteiger partial charge is 0.489 e. The molecule has 0 saturated heterocycles. The number of oxazole rings is 1. The molecule has 7 nitrogen and oxygen atoms in total. The van der Waals surface area contributed by atoms with Crippen LogP contribution in [-0.2, 0) is 22.9 Å². The van der Waals surface area contributed by atoms with E-state index in [1.54, 1.807) is 6.92 Å². The van der Waals surface area contributed by atoms with Crippen LogP contribution >= 0.6 is 11.6 Å². The number of amides is 1. The standard InChI is InChI=1S/C15H15ClN2O5S/c1-3-12-13(17-7-22-12)15(19)18-24(20,21)10-5-9-4-8(2)23-14(9)11(16)6-10/h5-8H,3-4H2,1-2H3,(H,18,19)/t8-/m0/s1. The predicted octanol–water partition coefficient (Wildman–Crippen LogP) is 2.33. The molecule has 1 amide bonds. The molecule has 2 aromatic rings. The molecule has 0 spiro atoms. The highest BCUT2D eigenvalue weighted by atomic mass is 35.5. The fraction of sp³-hybridized carbons (Fsp3) is 0.333. The first-order valence-corrected chi connectivity index (χ1v) is 9.16. The second-order valence-corrected chi connectivity index (χ2v) is 7.53. The van der Waals surface area contributed by atoms with E-state index in [1.807, 2.05) is 11.6 Å². The molecule has 2 heterocycles. The molecule has 3 rings (SSSR count). The van der Waals surface area contributed by atoms with Crippen LogP contribution in [-0.4, -0.2) is 25.4 Å². The van der Waals surface area contributed by atoms with Crippen LogP contribution in [0.1, 0.15) is 35.7 Å². The smallest absolute Gasteiger partial charge is 0.287 e. The Morgan fingerprint density at radius 3 is 2.92 bits per heavy atom. The third-order valence-corrected chi connectivity index (χ3v) is 5.23. The maximum Gasteiger partial charge on any atom is 0.287 e. The summed E-state index contributed by atoms with van der Waals surface area (Å²) in [6.07, 6.45) is 2.00. The SMILES string of the molecule is CCc1ocnc1C(=O)NS(=O)(=O)c1cc(Cl)c2c(c1)C[C@H](C)O2. The van der Waals surface area contributed by atoms with Gasteiger partial charge in [-0.3, -0.25) is 4.79 Å². The van der Waals surface area contributed by atoms with Gasteiger partial charge in [-0.25, -0.2) is 18.1 Å². The Labute approximate surface area is 144 Å². The molecule has 0 aliphatic carbocycles. The average Bonchev–Trinajstić information content (AvgIpc) is 3.12. The number of fused-ring (bicyclic) bond motifs is 1. The van der Waals surface area contributed by atoms with Gasteiger partial charge in [0.2, 0.25) is 0 Å². The number of nitrogens with zero attached hydrogens (tertiary/aromatic N) is 1. The zero-order valence-electron chi connectivity index (χ0n) is 13.0. The summed E-state index contributed by atoms with van der Waals surface area (Å²) in [7, 11) is -4.09. The number of carbonyl (C=O) groups is 1. The molecule has 1 atom stereocenters. The number of sulfonamides is 1. The summed E-state index contributed by atoms with van der Waals surface area (Å²) < 4.78 is 37.5. The first-order chi connectivity index (χ1) is 11.3. The van der Waals surface area contributed by atoms with Crippen molar-refractivity contribution in [3.05, 3.63) is 40.6 Å². The molecular weight excluding hydrogens is 356 g/mol. The van der Waals surface area contributed by atoms with Gasteiger partial charge in [0.25, 0.3) is 15.9 Å². The van der Waals surface area contributed by atoms with E-state index in [9.17, 15) is 13.2 Å². The molecule has 1 aliphatic rings. The van der Waals surface area contributed by atoms with Gasteiger partial charge in [0, 0.05) is 18.4 Å². The number of benzene rings is 1. The first-order valence-electron chi connectivity index (χ1n) is 7.30. The molecule has 0 saturated carbocycles. The zero-order chi connectivity index (χ0) is 17.5. The van der Waals surface area contributed by atoms with Crippen molar-refractivity contribution < 1.29 is 22.4 Å². The first kappa shape index (κ1) is 16.8. The Hall–Kier alpha value is -2.06. The minimum absolute atomic E-state index is 0.0507. The summed E-state index contributed by atoms with van der Waals surface area (Å²) in [6, 6.07) is 2.72. The minimum atomic E-state index is -4.09. The molecule has 1 aliphatic heterocycles. The summed E-state index contributed by atoms with van der Waals surface area (Å²) in [5, 5.41) is 0.195. The Morgan fingerprint density at radius 2 is 2.21 bits per heavy atom. The van der Waals surface area contributed by atoms with E-state index in [2.05, 4.69) is 4.98 Å². The highest BCUT2D eigenvalue weighted by molar-refractivity contribution is 7.90. The van der Waals surface area contributed by atoms with E-state index < -0.39 is 15.9 Å². The number of aryl methyl sites for hydroxylation is 1. The lowest BCUT2D eigenvalue weighted by molar-refractivity contribution is 0.0975. The van der Waals surface area contributed by atoms with E-state index in [-0.39, 0.29) is 21.7 Å². The molecular formula is C15H15ClN2O5S. The Bertz CT molecular complexity index is 907. The number of ether oxygens (including phenoxy) is 1. The van der Waals surface area contributed by atoms with Crippen LogP contribution in [0.25, 0.3) is 0 Å². The number of halogens is 1. The number of hydrogen-bond acceptors (Lipinski definition) is 6. The molecule has 1 aromatic heterocycles. The third kappa shape index (κ3) is 2.99. The maximum atomic E-state index is 12.5. The van der Waals surface area contributed by atoms with Crippen molar-refractivity contribution in [1.82, 2.24) is 9.71 Å². The van der Waals surface area contributed by atoms with Gasteiger partial charge in [-0.2, -0.15) is 0 Å². The van der Waals surface area contributed by atoms with E-state index in [1.165, 1.54) is 12.1 Å². The number of nitrogens with one attached hydrogen (secondary N) is 1. The van der Waals surface area contributed by atoms with Crippen molar-refractivity contribution in [3.63, 3.8) is 0 Å². The van der Waals surface area contributed by atoms with Gasteiger partial charge in [-0.05, 0) is 19.1 Å². The molecule has 0 unspecified atom stereocenters. The van der Waals surface area contributed by atoms with Gasteiger partial charge >= 0.3 is 0 Å². The van der Waals surface area contributed by atoms with E-state index in [0.717, 1.165) is 6.39 Å². The van der Waals surface area contributed by atoms with Crippen LogP contribution < -0.4 is 9.46 Å². The fourth-order valence-electron chi connectivity index (χ4n) is 2.55. The molecule has 1 N–H and O–H groups in total. The predicted molar refractivity (Wildman–Crippen MR) is 85.8 cm³/mol. The van der Waals surface area contributed by atoms with E-state index in [4.69, 9.17) is 20.8 Å². The van der Waals surface area contributed by atoms with E-state index in [0.29, 0.717) is 29.9 Å². The molecule has 0 radical (unpaired) electrons. The van der Waals surface area contributed by atoms with Crippen molar-refractivity contribution in [2.45, 2.75) is 37.7 Å². The van der Waals surface area contributed by atoms with Crippen LogP contribution in [0.4, 0.5) is 0 Å². The molecule has 9 heteroatoms. The summed E-state index contributed by atoms with van der Waals surface area (Å²) in [5.74, 6) is -0.0436. The summed E-state index contributed by atoms with van der Waals surface area (Å²) in [6.45, 7) is 3.64. The lowest BCUT2D eigenvalue weighted by atomic mass is 10.1. The second kappa shape index (κ2) is 6.10. The second-order valence-electron chi connectivity index (χ2n) is 5.44. The van der Waals surface area contributed by atoms with Crippen LogP contribution in [0.3, 0.4) is 0 Å².